The van der Waals surface area contributed by atoms with Gasteiger partial charge >= 0.3 is 5.97 Å². The average molecular weight is 336 g/mol. The van der Waals surface area contributed by atoms with Crippen molar-refractivity contribution in [2.45, 2.75) is 38.1 Å². The molecule has 2 rings (SSSR count). The molecule has 24 heavy (non-hydrogen) atoms. The highest BCUT2D eigenvalue weighted by atomic mass is 19.1. The number of hydrogen-bond donors (Lipinski definition) is 3. The van der Waals surface area contributed by atoms with E-state index < -0.39 is 35.6 Å². The Morgan fingerprint density at radius 1 is 1.17 bits per heavy atom. The zero-order valence-corrected chi connectivity index (χ0v) is 13.3. The maximum Gasteiger partial charge on any atom is 0.308 e. The summed E-state index contributed by atoms with van der Waals surface area (Å²) in [6.07, 6.45) is 3.80. The van der Waals surface area contributed by atoms with Crippen molar-refractivity contribution in [2.75, 3.05) is 6.54 Å². The number of carbonyl (C=O) groups is 3. The molecular weight excluding hydrogens is 315 g/mol. The maximum absolute atomic E-state index is 13.1. The molecule has 6 nitrogen and oxygen atoms in total. The van der Waals surface area contributed by atoms with Gasteiger partial charge in [-0.15, -0.1) is 0 Å². The molecule has 1 aliphatic rings. The number of carboxylic acids is 1. The van der Waals surface area contributed by atoms with Crippen molar-refractivity contribution in [3.63, 3.8) is 0 Å². The number of carbonyl (C=O) groups excluding carboxylic acids is 2. The van der Waals surface area contributed by atoms with Gasteiger partial charge in [-0.3, -0.25) is 14.4 Å². The highest BCUT2D eigenvalue weighted by Gasteiger charge is 2.30. The van der Waals surface area contributed by atoms with Gasteiger partial charge in [-0.05, 0) is 31.0 Å². The number of carboxylic acid groups (broad SMARTS) is 1. The van der Waals surface area contributed by atoms with Gasteiger partial charge in [0.05, 0.1) is 12.5 Å². The second-order valence-corrected chi connectivity index (χ2v) is 5.95. The number of amides is 2. The molecule has 1 fully saturated rings. The summed E-state index contributed by atoms with van der Waals surface area (Å²) in [6, 6.07) is 4.74. The van der Waals surface area contributed by atoms with Crippen LogP contribution in [0.3, 0.4) is 0 Å². The summed E-state index contributed by atoms with van der Waals surface area (Å²) in [4.78, 5) is 35.2. The van der Waals surface area contributed by atoms with E-state index in [0.717, 1.165) is 25.3 Å². The third kappa shape index (κ3) is 5.04. The van der Waals surface area contributed by atoms with Crippen LogP contribution in [-0.2, 0) is 9.59 Å². The summed E-state index contributed by atoms with van der Waals surface area (Å²) >= 11 is 0. The lowest BCUT2D eigenvalue weighted by molar-refractivity contribution is -0.143. The third-order valence-electron chi connectivity index (χ3n) is 4.18. The molecule has 1 aromatic rings. The third-order valence-corrected chi connectivity index (χ3v) is 4.18. The first-order valence-electron chi connectivity index (χ1n) is 8.03. The number of hydrogen-bond acceptors (Lipinski definition) is 3. The summed E-state index contributed by atoms with van der Waals surface area (Å²) in [5.74, 6) is -3.05. The van der Waals surface area contributed by atoms with Crippen molar-refractivity contribution in [3.8, 4) is 0 Å². The Bertz CT molecular complexity index is 620. The van der Waals surface area contributed by atoms with E-state index in [9.17, 15) is 23.9 Å². The summed E-state index contributed by atoms with van der Waals surface area (Å²) in [5.41, 5.74) is 0.126. The molecule has 3 N–H and O–H groups in total. The van der Waals surface area contributed by atoms with Gasteiger partial charge in [0.1, 0.15) is 5.82 Å². The molecule has 2 atom stereocenters. The van der Waals surface area contributed by atoms with Crippen molar-refractivity contribution in [3.05, 3.63) is 35.6 Å². The van der Waals surface area contributed by atoms with Crippen LogP contribution in [-0.4, -0.2) is 35.5 Å². The van der Waals surface area contributed by atoms with Crippen LogP contribution < -0.4 is 10.6 Å². The molecule has 0 saturated heterocycles. The molecule has 0 spiro atoms. The molecule has 0 heterocycles. The first kappa shape index (κ1) is 17.9. The van der Waals surface area contributed by atoms with Crippen molar-refractivity contribution in [1.29, 1.82) is 0 Å². The molecule has 2 amide bonds. The molecule has 1 saturated carbocycles. The standard InChI is InChI=1S/C17H21FN2O4/c18-12-6-4-5-11(9-12)16(22)19-10-15(21)20-14-8-3-1-2-7-13(14)17(23)24/h4-6,9,13-14H,1-3,7-8,10H2,(H,19,22)(H,20,21)(H,23,24)/t13-,14+/m1/s1. The van der Waals surface area contributed by atoms with Crippen molar-refractivity contribution < 1.29 is 23.9 Å². The van der Waals surface area contributed by atoms with Crippen LogP contribution in [0, 0.1) is 11.7 Å². The molecule has 1 aromatic carbocycles. The number of aliphatic carboxylic acids is 1. The van der Waals surface area contributed by atoms with Gasteiger partial charge in [-0.25, -0.2) is 4.39 Å². The molecule has 7 heteroatoms. The van der Waals surface area contributed by atoms with Gasteiger partial charge in [0.15, 0.2) is 0 Å². The van der Waals surface area contributed by atoms with E-state index >= 15 is 0 Å². The van der Waals surface area contributed by atoms with E-state index in [-0.39, 0.29) is 12.1 Å². The monoisotopic (exact) mass is 336 g/mol. The minimum Gasteiger partial charge on any atom is -0.481 e. The Labute approximate surface area is 139 Å². The lowest BCUT2D eigenvalue weighted by atomic mass is 9.95. The number of nitrogens with one attached hydrogen (secondary N) is 2. The summed E-state index contributed by atoms with van der Waals surface area (Å²) < 4.78 is 13.1. The summed E-state index contributed by atoms with van der Waals surface area (Å²) in [7, 11) is 0. The molecule has 0 radical (unpaired) electrons. The zero-order valence-electron chi connectivity index (χ0n) is 13.3. The first-order chi connectivity index (χ1) is 11.5. The summed E-state index contributed by atoms with van der Waals surface area (Å²) in [6.45, 7) is -0.280. The Morgan fingerprint density at radius 2 is 1.92 bits per heavy atom. The largest absolute Gasteiger partial charge is 0.481 e. The Kier molecular flexibility index (Phi) is 6.28. The summed E-state index contributed by atoms with van der Waals surface area (Å²) in [5, 5.41) is 14.4. The van der Waals surface area contributed by atoms with Crippen LogP contribution >= 0.6 is 0 Å². The first-order valence-corrected chi connectivity index (χ1v) is 8.03. The lowest BCUT2D eigenvalue weighted by Crippen LogP contribution is -2.46. The van der Waals surface area contributed by atoms with E-state index in [4.69, 9.17) is 0 Å². The molecule has 130 valence electrons. The normalized spacial score (nSPS) is 20.7. The van der Waals surface area contributed by atoms with Gasteiger partial charge in [-0.2, -0.15) is 0 Å². The average Bonchev–Trinajstić information content (AvgIpc) is 2.78. The van der Waals surface area contributed by atoms with Crippen LogP contribution in [0.5, 0.6) is 0 Å². The SMILES string of the molecule is O=C(CNC(=O)c1cccc(F)c1)N[C@H]1CCCCC[C@H]1C(=O)O. The van der Waals surface area contributed by atoms with Crippen LogP contribution in [0.2, 0.25) is 0 Å². The topological polar surface area (TPSA) is 95.5 Å². The second kappa shape index (κ2) is 8.42. The Morgan fingerprint density at radius 3 is 2.62 bits per heavy atom. The van der Waals surface area contributed by atoms with Crippen molar-refractivity contribution in [2.24, 2.45) is 5.92 Å². The predicted octanol–water partition coefficient (Wildman–Crippen LogP) is 1.71. The lowest BCUT2D eigenvalue weighted by Gasteiger charge is -2.22. The second-order valence-electron chi connectivity index (χ2n) is 5.95. The van der Waals surface area contributed by atoms with Crippen LogP contribution in [0.15, 0.2) is 24.3 Å². The highest BCUT2D eigenvalue weighted by Crippen LogP contribution is 2.23. The van der Waals surface area contributed by atoms with Gasteiger partial charge in [0.25, 0.3) is 5.91 Å². The number of rotatable bonds is 5. The minimum absolute atomic E-state index is 0.126. The predicted molar refractivity (Wildman–Crippen MR) is 84.9 cm³/mol. The van der Waals surface area contributed by atoms with E-state index in [1.54, 1.807) is 0 Å². The van der Waals surface area contributed by atoms with Crippen LogP contribution in [0.4, 0.5) is 4.39 Å². The molecule has 0 bridgehead atoms. The van der Waals surface area contributed by atoms with Crippen LogP contribution in [0.25, 0.3) is 0 Å². The zero-order chi connectivity index (χ0) is 17.5. The van der Waals surface area contributed by atoms with E-state index in [2.05, 4.69) is 10.6 Å². The number of halogens is 1. The van der Waals surface area contributed by atoms with Gasteiger partial charge < -0.3 is 15.7 Å². The molecule has 1 aliphatic carbocycles. The van der Waals surface area contributed by atoms with Crippen molar-refractivity contribution >= 4 is 17.8 Å². The fourth-order valence-corrected chi connectivity index (χ4v) is 2.93. The van der Waals surface area contributed by atoms with E-state index in [1.165, 1.54) is 18.2 Å². The quantitative estimate of drug-likeness (QED) is 0.713. The smallest absolute Gasteiger partial charge is 0.308 e. The van der Waals surface area contributed by atoms with Gasteiger partial charge in [-0.1, -0.05) is 25.3 Å². The Balaban J connectivity index is 1.87. The number of benzene rings is 1. The highest BCUT2D eigenvalue weighted by molar-refractivity contribution is 5.96. The van der Waals surface area contributed by atoms with E-state index in [0.29, 0.717) is 12.8 Å². The molecule has 0 aromatic heterocycles. The Hall–Kier alpha value is -2.44. The maximum atomic E-state index is 13.1. The van der Waals surface area contributed by atoms with E-state index in [1.807, 2.05) is 0 Å². The minimum atomic E-state index is -0.911. The molecule has 0 unspecified atom stereocenters. The van der Waals surface area contributed by atoms with Gasteiger partial charge in [0.2, 0.25) is 5.91 Å². The molecule has 0 aliphatic heterocycles. The fraction of sp³-hybridized carbons (Fsp3) is 0.471. The van der Waals surface area contributed by atoms with Crippen molar-refractivity contribution in [1.82, 2.24) is 10.6 Å². The van der Waals surface area contributed by atoms with Gasteiger partial charge in [0, 0.05) is 11.6 Å². The molecular formula is C17H21FN2O4. The van der Waals surface area contributed by atoms with Crippen LogP contribution in [0.1, 0.15) is 42.5 Å². The fourth-order valence-electron chi connectivity index (χ4n) is 2.93.